The third-order valence-corrected chi connectivity index (χ3v) is 1.83. The van der Waals surface area contributed by atoms with Crippen LogP contribution in [0, 0.1) is 0 Å². The third kappa shape index (κ3) is 3.04. The van der Waals surface area contributed by atoms with Crippen LogP contribution in [0.1, 0.15) is 0 Å². The standard InChI is InChI=1S/C3H8N2O3S/c1-5(4-3-6)9(2,7)8/h3H,1-2H3,(H,4,6). The lowest BCUT2D eigenvalue weighted by molar-refractivity contribution is -0.111. The predicted molar refractivity (Wildman–Crippen MR) is 31.8 cm³/mol. The highest BCUT2D eigenvalue weighted by molar-refractivity contribution is 7.88. The van der Waals surface area contributed by atoms with Gasteiger partial charge >= 0.3 is 0 Å². The van der Waals surface area contributed by atoms with E-state index in [0.717, 1.165) is 10.7 Å². The van der Waals surface area contributed by atoms with Crippen molar-refractivity contribution in [3.05, 3.63) is 0 Å². The molecule has 0 rings (SSSR count). The van der Waals surface area contributed by atoms with Crippen LogP contribution >= 0.6 is 0 Å². The van der Waals surface area contributed by atoms with E-state index in [1.807, 2.05) is 5.43 Å². The fourth-order valence-electron chi connectivity index (χ4n) is 0.170. The van der Waals surface area contributed by atoms with Crippen molar-refractivity contribution in [2.45, 2.75) is 0 Å². The van der Waals surface area contributed by atoms with Crippen LogP contribution in [0.25, 0.3) is 0 Å². The molecule has 0 radical (unpaired) electrons. The van der Waals surface area contributed by atoms with Crippen molar-refractivity contribution in [2.24, 2.45) is 0 Å². The molecule has 0 unspecified atom stereocenters. The SMILES string of the molecule is CN(NC=O)S(C)(=O)=O. The summed E-state index contributed by atoms with van der Waals surface area (Å²) in [5, 5.41) is 0. The number of carbonyl (C=O) groups is 1. The largest absolute Gasteiger partial charge is 0.278 e. The molecule has 1 N–H and O–H groups in total. The predicted octanol–water partition coefficient (Wildman–Crippen LogP) is -1.46. The molecule has 0 aromatic rings. The first-order valence-electron chi connectivity index (χ1n) is 2.12. The first kappa shape index (κ1) is 8.38. The van der Waals surface area contributed by atoms with Gasteiger partial charge in [0.25, 0.3) is 0 Å². The lowest BCUT2D eigenvalue weighted by Gasteiger charge is -2.09. The average molecular weight is 152 g/mol. The first-order chi connectivity index (χ1) is 3.98. The molecule has 0 fully saturated rings. The van der Waals surface area contributed by atoms with E-state index in [-0.39, 0.29) is 0 Å². The number of hydrazine groups is 1. The van der Waals surface area contributed by atoms with E-state index in [1.54, 1.807) is 0 Å². The van der Waals surface area contributed by atoms with Gasteiger partial charge in [-0.3, -0.25) is 10.2 Å². The molecule has 0 atom stereocenters. The number of nitrogens with one attached hydrogen (secondary N) is 1. The summed E-state index contributed by atoms with van der Waals surface area (Å²) in [6.07, 6.45) is 1.28. The Morgan fingerprint density at radius 3 is 2.11 bits per heavy atom. The summed E-state index contributed by atoms with van der Waals surface area (Å²) < 4.78 is 21.6. The molecule has 0 heterocycles. The minimum absolute atomic E-state index is 0.293. The van der Waals surface area contributed by atoms with Crippen molar-refractivity contribution in [2.75, 3.05) is 13.3 Å². The van der Waals surface area contributed by atoms with Crippen molar-refractivity contribution in [3.63, 3.8) is 0 Å². The summed E-state index contributed by atoms with van der Waals surface area (Å²) in [5.74, 6) is 0. The Bertz CT molecular complexity index is 185. The van der Waals surface area contributed by atoms with E-state index >= 15 is 0 Å². The highest BCUT2D eigenvalue weighted by atomic mass is 32.2. The molecule has 0 aliphatic rings. The maximum Gasteiger partial charge on any atom is 0.227 e. The number of hydrogen-bond donors (Lipinski definition) is 1. The van der Waals surface area contributed by atoms with Gasteiger partial charge in [-0.2, -0.15) is 0 Å². The van der Waals surface area contributed by atoms with Crippen LogP contribution in [-0.4, -0.2) is 32.5 Å². The van der Waals surface area contributed by atoms with Crippen LogP contribution in [0.15, 0.2) is 0 Å². The monoisotopic (exact) mass is 152 g/mol. The normalized spacial score (nSPS) is 11.4. The minimum Gasteiger partial charge on any atom is -0.278 e. The topological polar surface area (TPSA) is 66.5 Å². The molecule has 0 bridgehead atoms. The quantitative estimate of drug-likeness (QED) is 0.397. The molecule has 0 saturated carbocycles. The average Bonchev–Trinajstić information content (AvgIpc) is 1.64. The van der Waals surface area contributed by atoms with E-state index < -0.39 is 10.0 Å². The zero-order valence-corrected chi connectivity index (χ0v) is 5.97. The molecule has 0 aliphatic carbocycles. The molecule has 1 amide bonds. The Labute approximate surface area is 53.7 Å². The lowest BCUT2D eigenvalue weighted by atomic mass is 11.3. The van der Waals surface area contributed by atoms with Crippen LogP contribution in [0.5, 0.6) is 0 Å². The van der Waals surface area contributed by atoms with Gasteiger partial charge in [0.05, 0.1) is 6.26 Å². The zero-order chi connectivity index (χ0) is 7.49. The van der Waals surface area contributed by atoms with Crippen molar-refractivity contribution >= 4 is 16.4 Å². The molecule has 0 aromatic heterocycles. The maximum atomic E-state index is 10.4. The molecule has 0 spiro atoms. The van der Waals surface area contributed by atoms with Gasteiger partial charge in [0, 0.05) is 7.05 Å². The molecule has 6 heteroatoms. The number of hydrogen-bond acceptors (Lipinski definition) is 3. The number of sulfonamides is 1. The maximum absolute atomic E-state index is 10.4. The molecule has 9 heavy (non-hydrogen) atoms. The van der Waals surface area contributed by atoms with Gasteiger partial charge in [-0.05, 0) is 0 Å². The van der Waals surface area contributed by atoms with E-state index in [0.29, 0.717) is 6.41 Å². The van der Waals surface area contributed by atoms with Crippen LogP contribution in [0.3, 0.4) is 0 Å². The summed E-state index contributed by atoms with van der Waals surface area (Å²) in [6, 6.07) is 0. The van der Waals surface area contributed by atoms with Crippen LogP contribution in [0.2, 0.25) is 0 Å². The smallest absolute Gasteiger partial charge is 0.227 e. The van der Waals surface area contributed by atoms with Crippen LogP contribution in [0.4, 0.5) is 0 Å². The Hall–Kier alpha value is -0.620. The number of carbonyl (C=O) groups excluding carboxylic acids is 1. The summed E-state index contributed by atoms with van der Waals surface area (Å²) in [4.78, 5) is 9.64. The first-order valence-corrected chi connectivity index (χ1v) is 3.97. The van der Waals surface area contributed by atoms with Gasteiger partial charge in [-0.25, -0.2) is 8.42 Å². The van der Waals surface area contributed by atoms with Crippen molar-refractivity contribution < 1.29 is 13.2 Å². The highest BCUT2D eigenvalue weighted by Crippen LogP contribution is 1.83. The molecule has 0 saturated heterocycles. The zero-order valence-electron chi connectivity index (χ0n) is 5.16. The van der Waals surface area contributed by atoms with Crippen LogP contribution < -0.4 is 5.43 Å². The number of nitrogens with zero attached hydrogens (tertiary/aromatic N) is 1. The molecule has 0 aliphatic heterocycles. The summed E-state index contributed by atoms with van der Waals surface area (Å²) >= 11 is 0. The van der Waals surface area contributed by atoms with Gasteiger partial charge in [0.15, 0.2) is 0 Å². The van der Waals surface area contributed by atoms with E-state index in [2.05, 4.69) is 0 Å². The Balaban J connectivity index is 4.05. The minimum atomic E-state index is -3.27. The van der Waals surface area contributed by atoms with E-state index in [1.165, 1.54) is 7.05 Å². The molecule has 5 nitrogen and oxygen atoms in total. The fourth-order valence-corrected chi connectivity index (χ4v) is 0.404. The van der Waals surface area contributed by atoms with Crippen molar-refractivity contribution in [1.82, 2.24) is 9.84 Å². The van der Waals surface area contributed by atoms with E-state index in [9.17, 15) is 13.2 Å². The van der Waals surface area contributed by atoms with Gasteiger partial charge < -0.3 is 0 Å². The Kier molecular flexibility index (Phi) is 2.60. The second-order valence-corrected chi connectivity index (χ2v) is 3.49. The van der Waals surface area contributed by atoms with Gasteiger partial charge in [0.1, 0.15) is 0 Å². The summed E-state index contributed by atoms with van der Waals surface area (Å²) in [6.45, 7) is 0. The molecular formula is C3H8N2O3S. The van der Waals surface area contributed by atoms with Gasteiger partial charge in [0.2, 0.25) is 16.4 Å². The summed E-state index contributed by atoms with van der Waals surface area (Å²) in [5.41, 5.74) is 1.95. The second kappa shape index (κ2) is 2.79. The second-order valence-electron chi connectivity index (χ2n) is 1.48. The molecule has 0 aromatic carbocycles. The van der Waals surface area contributed by atoms with Gasteiger partial charge in [-0.15, -0.1) is 4.41 Å². The Morgan fingerprint density at radius 1 is 1.56 bits per heavy atom. The fraction of sp³-hybridized carbons (Fsp3) is 0.667. The number of amides is 1. The Morgan fingerprint density at radius 2 is 2.00 bits per heavy atom. The summed E-state index contributed by atoms with van der Waals surface area (Å²) in [7, 11) is -2.03. The molecular weight excluding hydrogens is 144 g/mol. The van der Waals surface area contributed by atoms with E-state index in [4.69, 9.17) is 0 Å². The van der Waals surface area contributed by atoms with Gasteiger partial charge in [-0.1, -0.05) is 0 Å². The highest BCUT2D eigenvalue weighted by Gasteiger charge is 2.07. The van der Waals surface area contributed by atoms with Crippen molar-refractivity contribution in [3.8, 4) is 0 Å². The number of rotatable bonds is 3. The molecule has 54 valence electrons. The lowest BCUT2D eigenvalue weighted by Crippen LogP contribution is -2.37. The third-order valence-electron chi connectivity index (χ3n) is 0.732. The van der Waals surface area contributed by atoms with Crippen LogP contribution in [-0.2, 0) is 14.8 Å². The van der Waals surface area contributed by atoms with Crippen molar-refractivity contribution in [1.29, 1.82) is 0 Å².